The van der Waals surface area contributed by atoms with E-state index in [4.69, 9.17) is 5.73 Å². The maximum Gasteiger partial charge on any atom is 0.263 e. The van der Waals surface area contributed by atoms with E-state index in [1.807, 2.05) is 0 Å². The first kappa shape index (κ1) is 11.6. The van der Waals surface area contributed by atoms with E-state index in [9.17, 15) is 9.00 Å². The number of carbonyl (C=O) groups excluding carboxylic acids is 1. The van der Waals surface area contributed by atoms with Crippen LogP contribution in [0.4, 0.5) is 0 Å². The van der Waals surface area contributed by atoms with Gasteiger partial charge < -0.3 is 5.73 Å². The lowest BCUT2D eigenvalue weighted by Crippen LogP contribution is -2.25. The molecular formula is C8H14N2O2S2. The van der Waals surface area contributed by atoms with Gasteiger partial charge in [0.05, 0.1) is 20.6 Å². The van der Waals surface area contributed by atoms with Gasteiger partial charge in [-0.2, -0.15) is 4.36 Å². The largest absolute Gasteiger partial charge is 0.393 e. The molecule has 2 N–H and O–H groups in total. The zero-order chi connectivity index (χ0) is 10.8. The smallest absolute Gasteiger partial charge is 0.263 e. The summed E-state index contributed by atoms with van der Waals surface area (Å²) in [6.45, 7) is 1.59. The van der Waals surface area contributed by atoms with Crippen LogP contribution in [0.25, 0.3) is 0 Å². The van der Waals surface area contributed by atoms with E-state index >= 15 is 0 Å². The van der Waals surface area contributed by atoms with Gasteiger partial charge in [-0.25, -0.2) is 4.21 Å². The molecule has 0 saturated carbocycles. The molecule has 0 aromatic heterocycles. The van der Waals surface area contributed by atoms with Gasteiger partial charge in [0.15, 0.2) is 0 Å². The molecule has 0 aromatic rings. The van der Waals surface area contributed by atoms with E-state index in [0.717, 1.165) is 12.8 Å². The van der Waals surface area contributed by atoms with E-state index in [1.165, 1.54) is 0 Å². The highest BCUT2D eigenvalue weighted by Crippen LogP contribution is 2.14. The molecule has 0 spiro atoms. The number of nitrogens with zero attached hydrogens (tertiary/aromatic N) is 1. The maximum atomic E-state index is 11.9. The fourth-order valence-electron chi connectivity index (χ4n) is 1.21. The van der Waals surface area contributed by atoms with Crippen molar-refractivity contribution in [1.82, 2.24) is 0 Å². The average Bonchev–Trinajstić information content (AvgIpc) is 2.50. The number of carbonyl (C=O) groups is 1. The Balaban J connectivity index is 2.82. The topological polar surface area (TPSA) is 72.5 Å². The molecule has 6 heteroatoms. The number of amides is 1. The minimum absolute atomic E-state index is 0.111. The van der Waals surface area contributed by atoms with Crippen LogP contribution in [0.2, 0.25) is 0 Å². The van der Waals surface area contributed by atoms with Gasteiger partial charge in [0.25, 0.3) is 5.91 Å². The van der Waals surface area contributed by atoms with Crippen LogP contribution in [0.5, 0.6) is 0 Å². The van der Waals surface area contributed by atoms with Crippen LogP contribution in [-0.2, 0) is 14.5 Å². The number of thiocarbonyl (C=S) groups is 1. The lowest BCUT2D eigenvalue weighted by atomic mass is 10.2. The van der Waals surface area contributed by atoms with Crippen LogP contribution in [0.3, 0.4) is 0 Å². The summed E-state index contributed by atoms with van der Waals surface area (Å²) in [4.78, 5) is 11.5. The predicted octanol–water partition coefficient (Wildman–Crippen LogP) is 0.697. The Bertz CT molecular complexity index is 358. The average molecular weight is 234 g/mol. The zero-order valence-electron chi connectivity index (χ0n) is 8.06. The Morgan fingerprint density at radius 2 is 2.00 bits per heavy atom. The first-order chi connectivity index (χ1) is 6.44. The molecule has 1 saturated heterocycles. The van der Waals surface area contributed by atoms with Crippen LogP contribution in [-0.4, -0.2) is 26.6 Å². The molecule has 1 fully saturated rings. The second kappa shape index (κ2) is 4.35. The van der Waals surface area contributed by atoms with Crippen LogP contribution >= 0.6 is 12.2 Å². The molecule has 0 aliphatic carbocycles. The standard InChI is InChI=1S/C8H14N2O2S2/c1-6(7(9)13)8(11)10-14(12)4-2-3-5-14/h6H,2-5H2,1H3,(H2,9,13). The summed E-state index contributed by atoms with van der Waals surface area (Å²) in [6, 6.07) is 0. The van der Waals surface area contributed by atoms with Gasteiger partial charge in [0, 0.05) is 11.5 Å². The van der Waals surface area contributed by atoms with Crippen molar-refractivity contribution in [1.29, 1.82) is 0 Å². The Morgan fingerprint density at radius 3 is 2.43 bits per heavy atom. The summed E-state index contributed by atoms with van der Waals surface area (Å²) < 4.78 is 15.6. The van der Waals surface area contributed by atoms with Gasteiger partial charge in [-0.3, -0.25) is 4.79 Å². The van der Waals surface area contributed by atoms with Gasteiger partial charge in [-0.15, -0.1) is 0 Å². The summed E-state index contributed by atoms with van der Waals surface area (Å²) >= 11 is 4.68. The number of nitrogens with two attached hydrogens (primary N) is 1. The molecule has 0 bridgehead atoms. The predicted molar refractivity (Wildman–Crippen MR) is 60.5 cm³/mol. The van der Waals surface area contributed by atoms with Gasteiger partial charge in [-0.1, -0.05) is 12.2 Å². The highest BCUT2D eigenvalue weighted by Gasteiger charge is 2.21. The van der Waals surface area contributed by atoms with Gasteiger partial charge in [0.2, 0.25) is 0 Å². The summed E-state index contributed by atoms with van der Waals surface area (Å²) in [5.41, 5.74) is 5.31. The summed E-state index contributed by atoms with van der Waals surface area (Å²) in [5, 5.41) is 0. The van der Waals surface area contributed by atoms with Crippen LogP contribution in [0, 0.1) is 5.92 Å². The van der Waals surface area contributed by atoms with Crippen molar-refractivity contribution in [3.8, 4) is 0 Å². The van der Waals surface area contributed by atoms with Crippen molar-refractivity contribution in [3.05, 3.63) is 0 Å². The maximum absolute atomic E-state index is 11.9. The van der Waals surface area contributed by atoms with E-state index in [0.29, 0.717) is 11.5 Å². The van der Waals surface area contributed by atoms with Crippen LogP contribution in [0.1, 0.15) is 19.8 Å². The minimum Gasteiger partial charge on any atom is -0.393 e. The Hall–Kier alpha value is -0.490. The van der Waals surface area contributed by atoms with Crippen molar-refractivity contribution < 1.29 is 9.00 Å². The molecule has 1 heterocycles. The number of hydrogen-bond donors (Lipinski definition) is 1. The first-order valence-corrected chi connectivity index (χ1v) is 6.76. The molecule has 1 atom stereocenters. The molecular weight excluding hydrogens is 220 g/mol. The summed E-state index contributed by atoms with van der Waals surface area (Å²) in [6.07, 6.45) is 1.77. The molecule has 0 aromatic carbocycles. The Kier molecular flexibility index (Phi) is 3.60. The number of rotatable bonds is 2. The SMILES string of the molecule is CC(C(=O)N=S1(=O)CCCC1)C(N)=S. The first-order valence-electron chi connectivity index (χ1n) is 4.50. The molecule has 1 aliphatic heterocycles. The molecule has 4 nitrogen and oxygen atoms in total. The Labute approximate surface area is 89.4 Å². The molecule has 1 amide bonds. The fraction of sp³-hybridized carbons (Fsp3) is 0.750. The summed E-state index contributed by atoms with van der Waals surface area (Å²) in [7, 11) is -2.27. The van der Waals surface area contributed by atoms with Crippen molar-refractivity contribution in [2.24, 2.45) is 16.0 Å². The third-order valence-corrected chi connectivity index (χ3v) is 4.95. The highest BCUT2D eigenvalue weighted by atomic mass is 32.2. The molecule has 80 valence electrons. The molecule has 1 aliphatic rings. The highest BCUT2D eigenvalue weighted by molar-refractivity contribution is 7.94. The van der Waals surface area contributed by atoms with Gasteiger partial charge >= 0.3 is 0 Å². The third kappa shape index (κ3) is 2.75. The zero-order valence-corrected chi connectivity index (χ0v) is 9.70. The molecule has 1 unspecified atom stereocenters. The molecule has 14 heavy (non-hydrogen) atoms. The van der Waals surface area contributed by atoms with Crippen molar-refractivity contribution in [2.75, 3.05) is 11.5 Å². The second-order valence-electron chi connectivity index (χ2n) is 3.44. The second-order valence-corrected chi connectivity index (χ2v) is 6.46. The van der Waals surface area contributed by atoms with Crippen LogP contribution < -0.4 is 5.73 Å². The lowest BCUT2D eigenvalue weighted by molar-refractivity contribution is -0.119. The van der Waals surface area contributed by atoms with Gasteiger partial charge in [0.1, 0.15) is 0 Å². The minimum atomic E-state index is -2.27. The molecule has 1 rings (SSSR count). The van der Waals surface area contributed by atoms with E-state index in [-0.39, 0.29) is 4.99 Å². The van der Waals surface area contributed by atoms with Gasteiger partial charge in [-0.05, 0) is 19.8 Å². The summed E-state index contributed by atoms with van der Waals surface area (Å²) in [5.74, 6) is 0.0271. The Morgan fingerprint density at radius 1 is 1.50 bits per heavy atom. The normalized spacial score (nSPS) is 21.5. The van der Waals surface area contributed by atoms with Crippen molar-refractivity contribution >= 4 is 32.8 Å². The molecule has 0 radical (unpaired) electrons. The van der Waals surface area contributed by atoms with Crippen LogP contribution in [0.15, 0.2) is 4.36 Å². The third-order valence-electron chi connectivity index (χ3n) is 2.23. The van der Waals surface area contributed by atoms with Crippen molar-refractivity contribution in [2.45, 2.75) is 19.8 Å². The number of hydrogen-bond acceptors (Lipinski definition) is 3. The quantitative estimate of drug-likeness (QED) is 0.714. The monoisotopic (exact) mass is 234 g/mol. The lowest BCUT2D eigenvalue weighted by Gasteiger charge is -2.05. The van der Waals surface area contributed by atoms with E-state index in [1.54, 1.807) is 6.92 Å². The van der Waals surface area contributed by atoms with E-state index in [2.05, 4.69) is 16.6 Å². The van der Waals surface area contributed by atoms with E-state index < -0.39 is 21.6 Å². The fourth-order valence-corrected chi connectivity index (χ4v) is 3.50. The van der Waals surface area contributed by atoms with Crippen molar-refractivity contribution in [3.63, 3.8) is 0 Å².